The summed E-state index contributed by atoms with van der Waals surface area (Å²) in [4.78, 5) is 0. The fraction of sp³-hybridized carbons (Fsp3) is 0.333. The zero-order valence-corrected chi connectivity index (χ0v) is 5.53. The van der Waals surface area contributed by atoms with Crippen LogP contribution in [-0.4, -0.2) is 5.11 Å². The second-order valence-electron chi connectivity index (χ2n) is 1.74. The molecule has 0 aliphatic carbocycles. The molecule has 1 rings (SSSR count). The molecule has 1 N–H and O–H groups in total. The molecule has 1 aromatic rings. The van der Waals surface area contributed by atoms with Crippen molar-refractivity contribution in [3.63, 3.8) is 0 Å². The van der Waals surface area contributed by atoms with Gasteiger partial charge in [0.1, 0.15) is 0 Å². The van der Waals surface area contributed by atoms with Crippen molar-refractivity contribution in [2.75, 3.05) is 0 Å². The number of aliphatic hydroxyl groups excluding tert-OH is 1. The van der Waals surface area contributed by atoms with Crippen LogP contribution in [0, 0.1) is 6.92 Å². The van der Waals surface area contributed by atoms with Crippen molar-refractivity contribution in [2.24, 2.45) is 0 Å². The fourth-order valence-corrected chi connectivity index (χ4v) is 1.40. The van der Waals surface area contributed by atoms with Crippen molar-refractivity contribution < 1.29 is 5.11 Å². The Balaban J connectivity index is 2.92. The van der Waals surface area contributed by atoms with Crippen LogP contribution in [0.25, 0.3) is 0 Å². The first kappa shape index (κ1) is 5.79. The number of aliphatic hydroxyl groups is 1. The van der Waals surface area contributed by atoms with Crippen LogP contribution in [-0.2, 0) is 6.61 Å². The first-order valence-electron chi connectivity index (χ1n) is 2.47. The van der Waals surface area contributed by atoms with Crippen molar-refractivity contribution >= 4 is 11.3 Å². The van der Waals surface area contributed by atoms with Crippen molar-refractivity contribution in [3.8, 4) is 0 Å². The van der Waals surface area contributed by atoms with Gasteiger partial charge in [-0.05, 0) is 28.8 Å². The maximum absolute atomic E-state index is 8.61. The lowest BCUT2D eigenvalue weighted by molar-refractivity contribution is 0.281. The summed E-state index contributed by atoms with van der Waals surface area (Å²) in [5, 5.41) is 12.6. The SMILES string of the molecule is Cc1cscc1CO. The van der Waals surface area contributed by atoms with Gasteiger partial charge >= 0.3 is 0 Å². The van der Waals surface area contributed by atoms with Gasteiger partial charge in [0.05, 0.1) is 6.61 Å². The summed E-state index contributed by atoms with van der Waals surface area (Å²) in [6.45, 7) is 2.18. The van der Waals surface area contributed by atoms with E-state index < -0.39 is 0 Å². The van der Waals surface area contributed by atoms with E-state index in [9.17, 15) is 0 Å². The van der Waals surface area contributed by atoms with Crippen molar-refractivity contribution in [1.82, 2.24) is 0 Å². The molecule has 0 bridgehead atoms. The van der Waals surface area contributed by atoms with Crippen molar-refractivity contribution in [1.29, 1.82) is 0 Å². The lowest BCUT2D eigenvalue weighted by Crippen LogP contribution is -1.79. The second kappa shape index (κ2) is 2.29. The van der Waals surface area contributed by atoms with E-state index in [1.54, 1.807) is 11.3 Å². The molecule has 0 spiro atoms. The van der Waals surface area contributed by atoms with Gasteiger partial charge in [-0.1, -0.05) is 0 Å². The first-order chi connectivity index (χ1) is 3.84. The average molecular weight is 128 g/mol. The van der Waals surface area contributed by atoms with Crippen LogP contribution in [0.15, 0.2) is 10.8 Å². The molecule has 0 aliphatic rings. The average Bonchev–Trinajstić information content (AvgIpc) is 2.14. The Kier molecular flexibility index (Phi) is 1.65. The second-order valence-corrected chi connectivity index (χ2v) is 2.48. The maximum atomic E-state index is 8.61. The van der Waals surface area contributed by atoms with Gasteiger partial charge in [-0.3, -0.25) is 0 Å². The lowest BCUT2D eigenvalue weighted by Gasteiger charge is -1.87. The van der Waals surface area contributed by atoms with Gasteiger partial charge in [-0.2, -0.15) is 11.3 Å². The van der Waals surface area contributed by atoms with Gasteiger partial charge in [0.25, 0.3) is 0 Å². The molecule has 0 atom stereocenters. The molecular formula is C6H8OS. The van der Waals surface area contributed by atoms with Gasteiger partial charge < -0.3 is 5.11 Å². The number of rotatable bonds is 1. The highest BCUT2D eigenvalue weighted by Gasteiger charge is 1.93. The van der Waals surface area contributed by atoms with Gasteiger partial charge in [0.15, 0.2) is 0 Å². The summed E-state index contributed by atoms with van der Waals surface area (Å²) in [7, 11) is 0. The minimum Gasteiger partial charge on any atom is -0.392 e. The van der Waals surface area contributed by atoms with Crippen molar-refractivity contribution in [2.45, 2.75) is 13.5 Å². The van der Waals surface area contributed by atoms with Crippen LogP contribution in [0.1, 0.15) is 11.1 Å². The van der Waals surface area contributed by atoms with Crippen LogP contribution in [0.5, 0.6) is 0 Å². The van der Waals surface area contributed by atoms with Gasteiger partial charge in [-0.25, -0.2) is 0 Å². The third-order valence-electron chi connectivity index (χ3n) is 1.13. The quantitative estimate of drug-likeness (QED) is 0.608. The van der Waals surface area contributed by atoms with Crippen LogP contribution in [0.4, 0.5) is 0 Å². The molecule has 0 amide bonds. The van der Waals surface area contributed by atoms with Crippen molar-refractivity contribution in [3.05, 3.63) is 21.9 Å². The molecule has 0 saturated carbocycles. The fourth-order valence-electron chi connectivity index (χ4n) is 0.549. The molecule has 0 aromatic carbocycles. The summed E-state index contributed by atoms with van der Waals surface area (Å²) in [5.74, 6) is 0. The Morgan fingerprint density at radius 2 is 2.38 bits per heavy atom. The molecule has 0 saturated heterocycles. The third-order valence-corrected chi connectivity index (χ3v) is 2.04. The molecule has 2 heteroatoms. The topological polar surface area (TPSA) is 20.2 Å². The Labute approximate surface area is 52.6 Å². The molecule has 0 radical (unpaired) electrons. The first-order valence-corrected chi connectivity index (χ1v) is 3.41. The number of hydrogen-bond acceptors (Lipinski definition) is 2. The van der Waals surface area contributed by atoms with E-state index in [0.29, 0.717) is 0 Å². The number of hydrogen-bond donors (Lipinski definition) is 1. The Morgan fingerprint density at radius 1 is 1.62 bits per heavy atom. The molecule has 0 unspecified atom stereocenters. The number of aryl methyl sites for hydroxylation is 1. The molecule has 1 heterocycles. The van der Waals surface area contributed by atoms with E-state index in [1.807, 2.05) is 17.7 Å². The highest BCUT2D eigenvalue weighted by molar-refractivity contribution is 7.08. The molecule has 1 nitrogen and oxygen atoms in total. The summed E-state index contributed by atoms with van der Waals surface area (Å²) in [6, 6.07) is 0. The Morgan fingerprint density at radius 3 is 2.62 bits per heavy atom. The third kappa shape index (κ3) is 0.904. The zero-order chi connectivity index (χ0) is 5.98. The van der Waals surface area contributed by atoms with Crippen LogP contribution in [0.2, 0.25) is 0 Å². The molecule has 1 aromatic heterocycles. The smallest absolute Gasteiger partial charge is 0.0692 e. The highest BCUT2D eigenvalue weighted by atomic mass is 32.1. The van der Waals surface area contributed by atoms with E-state index in [0.717, 1.165) is 5.56 Å². The van der Waals surface area contributed by atoms with E-state index >= 15 is 0 Å². The van der Waals surface area contributed by atoms with Gasteiger partial charge in [-0.15, -0.1) is 0 Å². The maximum Gasteiger partial charge on any atom is 0.0692 e. The molecular weight excluding hydrogens is 120 g/mol. The molecule has 8 heavy (non-hydrogen) atoms. The standard InChI is InChI=1S/C6H8OS/c1-5-3-8-4-6(5)2-7/h3-4,7H,2H2,1H3. The van der Waals surface area contributed by atoms with Crippen LogP contribution >= 0.6 is 11.3 Å². The predicted octanol–water partition coefficient (Wildman–Crippen LogP) is 1.55. The van der Waals surface area contributed by atoms with Crippen LogP contribution < -0.4 is 0 Å². The lowest BCUT2D eigenvalue weighted by atomic mass is 10.2. The molecule has 44 valence electrons. The van der Waals surface area contributed by atoms with E-state index in [-0.39, 0.29) is 6.61 Å². The summed E-state index contributed by atoms with van der Waals surface area (Å²) >= 11 is 1.63. The zero-order valence-electron chi connectivity index (χ0n) is 4.72. The summed E-state index contributed by atoms with van der Waals surface area (Å²) in [6.07, 6.45) is 0. The van der Waals surface area contributed by atoms with Gasteiger partial charge in [0.2, 0.25) is 0 Å². The Bertz CT molecular complexity index is 169. The largest absolute Gasteiger partial charge is 0.392 e. The van der Waals surface area contributed by atoms with E-state index in [1.165, 1.54) is 5.56 Å². The minimum atomic E-state index is 0.176. The monoisotopic (exact) mass is 128 g/mol. The van der Waals surface area contributed by atoms with E-state index in [2.05, 4.69) is 0 Å². The van der Waals surface area contributed by atoms with E-state index in [4.69, 9.17) is 5.11 Å². The highest BCUT2D eigenvalue weighted by Crippen LogP contribution is 2.12. The summed E-state index contributed by atoms with van der Waals surface area (Å²) < 4.78 is 0. The predicted molar refractivity (Wildman–Crippen MR) is 35.0 cm³/mol. The number of thiophene rings is 1. The minimum absolute atomic E-state index is 0.176. The Hall–Kier alpha value is -0.340. The normalized spacial score (nSPS) is 9.75. The molecule has 0 aliphatic heterocycles. The summed E-state index contributed by atoms with van der Waals surface area (Å²) in [5.41, 5.74) is 2.24. The van der Waals surface area contributed by atoms with Crippen LogP contribution in [0.3, 0.4) is 0 Å². The molecule has 0 fully saturated rings. The van der Waals surface area contributed by atoms with Gasteiger partial charge in [0, 0.05) is 0 Å².